The molecule has 0 saturated heterocycles. The number of nitrogens with one attached hydrogen (secondary N) is 2. The molecule has 7 heteroatoms. The lowest BCUT2D eigenvalue weighted by molar-refractivity contribution is 0.241. The van der Waals surface area contributed by atoms with Gasteiger partial charge in [-0.05, 0) is 11.1 Å². The topological polar surface area (TPSA) is 93.2 Å². The molecule has 2 rings (SSSR count). The van der Waals surface area contributed by atoms with E-state index in [0.717, 1.165) is 11.1 Å². The van der Waals surface area contributed by atoms with E-state index in [1.54, 1.807) is 10.9 Å². The van der Waals surface area contributed by atoms with Gasteiger partial charge in [0.1, 0.15) is 0 Å². The van der Waals surface area contributed by atoms with Crippen LogP contribution in [-0.4, -0.2) is 6.03 Å². The van der Waals surface area contributed by atoms with Crippen molar-refractivity contribution in [3.05, 3.63) is 71.8 Å². The Kier molecular flexibility index (Phi) is 6.98. The van der Waals surface area contributed by atoms with Crippen molar-refractivity contribution in [3.63, 3.8) is 0 Å². The zero-order valence-electron chi connectivity index (χ0n) is 11.1. The Morgan fingerprint density at radius 1 is 0.810 bits per heavy atom. The van der Waals surface area contributed by atoms with Crippen LogP contribution in [0, 0.1) is 0 Å². The summed E-state index contributed by atoms with van der Waals surface area (Å²) in [5.41, 5.74) is 5.26. The summed E-state index contributed by atoms with van der Waals surface area (Å²) in [5.74, 6) is 9.08. The fourth-order valence-electron chi connectivity index (χ4n) is 1.50. The second kappa shape index (κ2) is 8.49. The number of amides is 2. The van der Waals surface area contributed by atoms with Crippen LogP contribution in [0.2, 0.25) is 0 Å². The molecule has 2 amide bonds. The van der Waals surface area contributed by atoms with Gasteiger partial charge in [0.25, 0.3) is 0 Å². The third-order valence-corrected chi connectivity index (χ3v) is 3.41. The molecule has 0 atom stereocenters. The zero-order chi connectivity index (χ0) is 15.7. The molecule has 112 valence electrons. The molecule has 21 heavy (non-hydrogen) atoms. The van der Waals surface area contributed by atoms with E-state index in [2.05, 4.69) is 11.7 Å². The molecule has 0 spiro atoms. The van der Waals surface area contributed by atoms with Gasteiger partial charge in [0.15, 0.2) is 4.33 Å². The number of urea groups is 1. The molecule has 0 unspecified atom stereocenters. The number of hydrogen-bond acceptors (Lipinski definition) is 3. The average Bonchev–Trinajstić information content (AvgIpc) is 2.56. The Balaban J connectivity index is 0.000000315. The molecule has 0 aliphatic rings. The number of hydrazine groups is 2. The van der Waals surface area contributed by atoms with E-state index in [0.29, 0.717) is 0 Å². The summed E-state index contributed by atoms with van der Waals surface area (Å²) in [6.07, 6.45) is 0. The first-order valence-electron chi connectivity index (χ1n) is 5.98. The predicted molar refractivity (Wildman–Crippen MR) is 85.4 cm³/mol. The molecular weight excluding hydrogens is 311 g/mol. The summed E-state index contributed by atoms with van der Waals surface area (Å²) in [4.78, 5) is 9.71. The quantitative estimate of drug-likeness (QED) is 0.295. The SMILES string of the molecule is ClC(Cl)(c1ccccc1)c1ccccc1.NNC(=O)NN. The Hall–Kier alpha value is -1.79. The maximum Gasteiger partial charge on any atom is 0.343 e. The van der Waals surface area contributed by atoms with Gasteiger partial charge in [-0.2, -0.15) is 0 Å². The molecule has 0 aromatic heterocycles. The molecule has 0 saturated carbocycles. The van der Waals surface area contributed by atoms with Crippen LogP contribution in [-0.2, 0) is 4.33 Å². The molecule has 0 radical (unpaired) electrons. The van der Waals surface area contributed by atoms with Crippen LogP contribution < -0.4 is 22.5 Å². The third kappa shape index (κ3) is 5.24. The van der Waals surface area contributed by atoms with E-state index >= 15 is 0 Å². The highest BCUT2D eigenvalue weighted by Crippen LogP contribution is 2.40. The number of carbonyl (C=O) groups is 1. The monoisotopic (exact) mass is 326 g/mol. The molecule has 0 heterocycles. The second-order valence-corrected chi connectivity index (χ2v) is 5.25. The van der Waals surface area contributed by atoms with Gasteiger partial charge in [-0.25, -0.2) is 16.5 Å². The van der Waals surface area contributed by atoms with E-state index in [4.69, 9.17) is 23.2 Å². The number of rotatable bonds is 2. The van der Waals surface area contributed by atoms with Gasteiger partial charge in [0, 0.05) is 0 Å². The van der Waals surface area contributed by atoms with Crippen LogP contribution in [0.25, 0.3) is 0 Å². The van der Waals surface area contributed by atoms with Crippen molar-refractivity contribution in [1.29, 1.82) is 0 Å². The lowest BCUT2D eigenvalue weighted by Crippen LogP contribution is -2.43. The van der Waals surface area contributed by atoms with Gasteiger partial charge in [-0.1, -0.05) is 83.9 Å². The average molecular weight is 327 g/mol. The number of benzene rings is 2. The van der Waals surface area contributed by atoms with Crippen molar-refractivity contribution < 1.29 is 4.79 Å². The third-order valence-electron chi connectivity index (χ3n) is 2.53. The van der Waals surface area contributed by atoms with Gasteiger partial charge < -0.3 is 0 Å². The van der Waals surface area contributed by atoms with Gasteiger partial charge in [-0.15, -0.1) is 0 Å². The summed E-state index contributed by atoms with van der Waals surface area (Å²) < 4.78 is -0.970. The molecular formula is C14H16Cl2N4O. The Bertz CT molecular complexity index is 502. The minimum absolute atomic E-state index is 0.602. The lowest BCUT2D eigenvalue weighted by atomic mass is 10.0. The predicted octanol–water partition coefficient (Wildman–Crippen LogP) is 2.40. The molecule has 0 aliphatic carbocycles. The number of halogens is 2. The Morgan fingerprint density at radius 2 is 1.14 bits per heavy atom. The number of nitrogens with two attached hydrogens (primary N) is 2. The van der Waals surface area contributed by atoms with Gasteiger partial charge in [0.2, 0.25) is 0 Å². The van der Waals surface area contributed by atoms with Gasteiger partial charge in [-0.3, -0.25) is 10.9 Å². The highest BCUT2D eigenvalue weighted by molar-refractivity contribution is 6.50. The Labute approximate surface area is 133 Å². The lowest BCUT2D eigenvalue weighted by Gasteiger charge is -2.20. The minimum atomic E-state index is -0.970. The fraction of sp³-hybridized carbons (Fsp3) is 0.0714. The number of alkyl halides is 2. The summed E-state index contributed by atoms with van der Waals surface area (Å²) in [5, 5.41) is 0. The van der Waals surface area contributed by atoms with Crippen LogP contribution >= 0.6 is 23.2 Å². The van der Waals surface area contributed by atoms with Crippen LogP contribution in [0.4, 0.5) is 4.79 Å². The van der Waals surface area contributed by atoms with E-state index < -0.39 is 10.4 Å². The first-order valence-corrected chi connectivity index (χ1v) is 6.74. The first kappa shape index (κ1) is 17.3. The summed E-state index contributed by atoms with van der Waals surface area (Å²) in [6, 6.07) is 18.7. The van der Waals surface area contributed by atoms with Crippen LogP contribution in [0.3, 0.4) is 0 Å². The van der Waals surface area contributed by atoms with E-state index in [9.17, 15) is 4.79 Å². The maximum absolute atomic E-state index is 9.71. The molecule has 0 bridgehead atoms. The summed E-state index contributed by atoms with van der Waals surface area (Å²) in [7, 11) is 0. The largest absolute Gasteiger partial charge is 0.343 e. The Morgan fingerprint density at radius 3 is 1.38 bits per heavy atom. The summed E-state index contributed by atoms with van der Waals surface area (Å²) >= 11 is 12.7. The van der Waals surface area contributed by atoms with Crippen LogP contribution in [0.5, 0.6) is 0 Å². The van der Waals surface area contributed by atoms with Crippen molar-refractivity contribution in [1.82, 2.24) is 10.9 Å². The number of hydrogen-bond donors (Lipinski definition) is 4. The smallest absolute Gasteiger partial charge is 0.275 e. The maximum atomic E-state index is 9.71. The molecule has 2 aromatic carbocycles. The molecule has 2 aromatic rings. The van der Waals surface area contributed by atoms with Crippen molar-refractivity contribution in [3.8, 4) is 0 Å². The van der Waals surface area contributed by atoms with Crippen LogP contribution in [0.1, 0.15) is 11.1 Å². The van der Waals surface area contributed by atoms with Crippen molar-refractivity contribution >= 4 is 29.2 Å². The van der Waals surface area contributed by atoms with Crippen LogP contribution in [0.15, 0.2) is 60.7 Å². The number of carbonyl (C=O) groups excluding carboxylic acids is 1. The van der Waals surface area contributed by atoms with E-state index in [1.165, 1.54) is 0 Å². The normalized spacial score (nSPS) is 10.1. The molecule has 5 nitrogen and oxygen atoms in total. The van der Waals surface area contributed by atoms with Crippen molar-refractivity contribution in [2.45, 2.75) is 4.33 Å². The van der Waals surface area contributed by atoms with E-state index in [-0.39, 0.29) is 0 Å². The summed E-state index contributed by atoms with van der Waals surface area (Å²) in [6.45, 7) is 0. The molecule has 6 N–H and O–H groups in total. The molecule has 0 fully saturated rings. The van der Waals surface area contributed by atoms with Crippen molar-refractivity contribution in [2.24, 2.45) is 11.7 Å². The zero-order valence-corrected chi connectivity index (χ0v) is 12.6. The highest BCUT2D eigenvalue weighted by atomic mass is 35.5. The second-order valence-electron chi connectivity index (χ2n) is 3.92. The van der Waals surface area contributed by atoms with Gasteiger partial charge in [0.05, 0.1) is 0 Å². The van der Waals surface area contributed by atoms with Crippen molar-refractivity contribution in [2.75, 3.05) is 0 Å². The highest BCUT2D eigenvalue weighted by Gasteiger charge is 2.28. The van der Waals surface area contributed by atoms with Gasteiger partial charge >= 0.3 is 6.03 Å². The minimum Gasteiger partial charge on any atom is -0.275 e. The standard InChI is InChI=1S/C13H10Cl2.CH6N4O/c14-13(15,11-7-3-1-4-8-11)12-9-5-2-6-10-12;2-4-1(6)5-3/h1-10H;2-3H2,(H2,4,5,6). The first-order chi connectivity index (χ1) is 10.0. The molecule has 0 aliphatic heterocycles. The fourth-order valence-corrected chi connectivity index (χ4v) is 2.01. The van der Waals surface area contributed by atoms with E-state index in [1.807, 2.05) is 60.7 Å².